The lowest BCUT2D eigenvalue weighted by Crippen LogP contribution is -2.06. The summed E-state index contributed by atoms with van der Waals surface area (Å²) in [6.07, 6.45) is 1.66. The van der Waals surface area contributed by atoms with E-state index in [4.69, 9.17) is 0 Å². The molecule has 0 aliphatic rings. The highest BCUT2D eigenvalue weighted by Gasteiger charge is 1.98. The van der Waals surface area contributed by atoms with Gasteiger partial charge < -0.3 is 5.32 Å². The molecule has 2 heteroatoms. The number of rotatable bonds is 3. The third-order valence-corrected chi connectivity index (χ3v) is 1.70. The van der Waals surface area contributed by atoms with Crippen molar-refractivity contribution in [2.75, 3.05) is 7.05 Å². The second-order valence-corrected chi connectivity index (χ2v) is 2.58. The standard InChI is InChI=1S/C10H12FN/c1-3-8-6-10(11)5-4-9(8)7-12-2/h3-6,12H,1,7H2,2H3. The number of nitrogens with one attached hydrogen (secondary N) is 1. The highest BCUT2D eigenvalue weighted by molar-refractivity contribution is 5.51. The maximum absolute atomic E-state index is 12.7. The minimum atomic E-state index is -0.218. The lowest BCUT2D eigenvalue weighted by atomic mass is 10.1. The lowest BCUT2D eigenvalue weighted by Gasteiger charge is -2.04. The Morgan fingerprint density at radius 2 is 2.33 bits per heavy atom. The molecule has 0 heterocycles. The fourth-order valence-electron chi connectivity index (χ4n) is 1.11. The number of hydrogen-bond donors (Lipinski definition) is 1. The summed E-state index contributed by atoms with van der Waals surface area (Å²) in [5.74, 6) is -0.218. The SMILES string of the molecule is C=Cc1cc(F)ccc1CNC. The zero-order chi connectivity index (χ0) is 8.97. The first-order valence-electron chi connectivity index (χ1n) is 3.83. The van der Waals surface area contributed by atoms with Crippen LogP contribution in [0.1, 0.15) is 11.1 Å². The lowest BCUT2D eigenvalue weighted by molar-refractivity contribution is 0.626. The van der Waals surface area contributed by atoms with Crippen LogP contribution in [0.3, 0.4) is 0 Å². The topological polar surface area (TPSA) is 12.0 Å². The molecule has 0 aliphatic carbocycles. The molecule has 0 aliphatic heterocycles. The second kappa shape index (κ2) is 4.02. The molecular formula is C10H12FN. The molecule has 0 bridgehead atoms. The molecule has 1 aromatic carbocycles. The summed E-state index contributed by atoms with van der Waals surface area (Å²) in [5, 5.41) is 3.01. The third-order valence-electron chi connectivity index (χ3n) is 1.70. The van der Waals surface area contributed by atoms with Gasteiger partial charge in [0.1, 0.15) is 5.82 Å². The minimum absolute atomic E-state index is 0.218. The summed E-state index contributed by atoms with van der Waals surface area (Å²) < 4.78 is 12.7. The molecule has 1 rings (SSSR count). The van der Waals surface area contributed by atoms with Gasteiger partial charge in [0.05, 0.1) is 0 Å². The van der Waals surface area contributed by atoms with Crippen LogP contribution in [-0.4, -0.2) is 7.05 Å². The van der Waals surface area contributed by atoms with Crippen LogP contribution in [0, 0.1) is 5.82 Å². The van der Waals surface area contributed by atoms with Gasteiger partial charge in [0.25, 0.3) is 0 Å². The Kier molecular flexibility index (Phi) is 3.00. The Hall–Kier alpha value is -1.15. The van der Waals surface area contributed by atoms with Crippen molar-refractivity contribution in [1.82, 2.24) is 5.32 Å². The fourth-order valence-corrected chi connectivity index (χ4v) is 1.11. The molecule has 0 radical (unpaired) electrons. The average Bonchev–Trinajstić information content (AvgIpc) is 2.08. The van der Waals surface area contributed by atoms with Crippen LogP contribution >= 0.6 is 0 Å². The van der Waals surface area contributed by atoms with Crippen LogP contribution < -0.4 is 5.32 Å². The van der Waals surface area contributed by atoms with Crippen molar-refractivity contribution in [2.24, 2.45) is 0 Å². The molecule has 1 aromatic rings. The first kappa shape index (κ1) is 8.94. The maximum atomic E-state index is 12.7. The molecule has 1 N–H and O–H groups in total. The van der Waals surface area contributed by atoms with Gasteiger partial charge in [-0.15, -0.1) is 0 Å². The molecule has 12 heavy (non-hydrogen) atoms. The Balaban J connectivity index is 3.02. The van der Waals surface area contributed by atoms with Gasteiger partial charge >= 0.3 is 0 Å². The summed E-state index contributed by atoms with van der Waals surface area (Å²) in [6.45, 7) is 4.36. The summed E-state index contributed by atoms with van der Waals surface area (Å²) >= 11 is 0. The molecule has 0 spiro atoms. The van der Waals surface area contributed by atoms with E-state index in [2.05, 4.69) is 11.9 Å². The van der Waals surface area contributed by atoms with Crippen molar-refractivity contribution >= 4 is 6.08 Å². The van der Waals surface area contributed by atoms with E-state index in [9.17, 15) is 4.39 Å². The Morgan fingerprint density at radius 3 is 2.92 bits per heavy atom. The number of hydrogen-bond acceptors (Lipinski definition) is 1. The molecule has 0 fully saturated rings. The summed E-state index contributed by atoms with van der Waals surface area (Å²) in [5.41, 5.74) is 1.92. The Morgan fingerprint density at radius 1 is 1.58 bits per heavy atom. The molecule has 64 valence electrons. The first-order valence-corrected chi connectivity index (χ1v) is 3.83. The van der Waals surface area contributed by atoms with Crippen molar-refractivity contribution in [3.05, 3.63) is 41.7 Å². The Labute approximate surface area is 71.9 Å². The maximum Gasteiger partial charge on any atom is 0.123 e. The van der Waals surface area contributed by atoms with Gasteiger partial charge in [-0.1, -0.05) is 18.7 Å². The van der Waals surface area contributed by atoms with Gasteiger partial charge in [-0.05, 0) is 30.3 Å². The fraction of sp³-hybridized carbons (Fsp3) is 0.200. The minimum Gasteiger partial charge on any atom is -0.316 e. The van der Waals surface area contributed by atoms with Gasteiger partial charge in [-0.2, -0.15) is 0 Å². The van der Waals surface area contributed by atoms with E-state index in [-0.39, 0.29) is 5.82 Å². The van der Waals surface area contributed by atoms with Crippen LogP contribution in [0.25, 0.3) is 6.08 Å². The van der Waals surface area contributed by atoms with E-state index < -0.39 is 0 Å². The zero-order valence-electron chi connectivity index (χ0n) is 7.10. The van der Waals surface area contributed by atoms with Crippen molar-refractivity contribution < 1.29 is 4.39 Å². The van der Waals surface area contributed by atoms with E-state index in [0.717, 1.165) is 17.7 Å². The van der Waals surface area contributed by atoms with Crippen LogP contribution in [0.15, 0.2) is 24.8 Å². The third kappa shape index (κ3) is 1.92. The summed E-state index contributed by atoms with van der Waals surface area (Å²) in [6, 6.07) is 4.71. The van der Waals surface area contributed by atoms with Crippen LogP contribution in [0.2, 0.25) is 0 Å². The van der Waals surface area contributed by atoms with E-state index in [1.165, 1.54) is 12.1 Å². The van der Waals surface area contributed by atoms with Crippen LogP contribution in [0.5, 0.6) is 0 Å². The van der Waals surface area contributed by atoms with Crippen molar-refractivity contribution in [3.8, 4) is 0 Å². The van der Waals surface area contributed by atoms with Crippen LogP contribution in [-0.2, 0) is 6.54 Å². The summed E-state index contributed by atoms with van der Waals surface area (Å²) in [4.78, 5) is 0. The van der Waals surface area contributed by atoms with E-state index in [1.54, 1.807) is 12.1 Å². The van der Waals surface area contributed by atoms with Crippen LogP contribution in [0.4, 0.5) is 4.39 Å². The predicted molar refractivity (Wildman–Crippen MR) is 49.3 cm³/mol. The van der Waals surface area contributed by atoms with Gasteiger partial charge in [0.2, 0.25) is 0 Å². The largest absolute Gasteiger partial charge is 0.316 e. The first-order chi connectivity index (χ1) is 5.77. The average molecular weight is 165 g/mol. The number of halogens is 1. The molecule has 0 unspecified atom stereocenters. The van der Waals surface area contributed by atoms with Crippen molar-refractivity contribution in [2.45, 2.75) is 6.54 Å². The number of benzene rings is 1. The molecule has 0 atom stereocenters. The molecule has 0 saturated heterocycles. The highest BCUT2D eigenvalue weighted by atomic mass is 19.1. The Bertz CT molecular complexity index is 281. The van der Waals surface area contributed by atoms with E-state index in [0.29, 0.717) is 0 Å². The monoisotopic (exact) mass is 165 g/mol. The molecule has 0 aromatic heterocycles. The van der Waals surface area contributed by atoms with Gasteiger partial charge in [-0.3, -0.25) is 0 Å². The van der Waals surface area contributed by atoms with Crippen molar-refractivity contribution in [1.29, 1.82) is 0 Å². The normalized spacial score (nSPS) is 9.83. The highest BCUT2D eigenvalue weighted by Crippen LogP contribution is 2.12. The smallest absolute Gasteiger partial charge is 0.123 e. The van der Waals surface area contributed by atoms with E-state index >= 15 is 0 Å². The molecule has 0 saturated carbocycles. The molecule has 1 nitrogen and oxygen atoms in total. The van der Waals surface area contributed by atoms with Gasteiger partial charge in [-0.25, -0.2) is 4.39 Å². The van der Waals surface area contributed by atoms with Gasteiger partial charge in [0, 0.05) is 6.54 Å². The molecular weight excluding hydrogens is 153 g/mol. The zero-order valence-corrected chi connectivity index (χ0v) is 7.10. The van der Waals surface area contributed by atoms with E-state index in [1.807, 2.05) is 7.05 Å². The quantitative estimate of drug-likeness (QED) is 0.724. The second-order valence-electron chi connectivity index (χ2n) is 2.58. The molecule has 0 amide bonds. The van der Waals surface area contributed by atoms with Gasteiger partial charge in [0.15, 0.2) is 0 Å². The predicted octanol–water partition coefficient (Wildman–Crippen LogP) is 2.19. The van der Waals surface area contributed by atoms with Crippen molar-refractivity contribution in [3.63, 3.8) is 0 Å². The summed E-state index contributed by atoms with van der Waals surface area (Å²) in [7, 11) is 1.86.